The lowest BCUT2D eigenvalue weighted by Crippen LogP contribution is -2.25. The molecule has 0 bridgehead atoms. The van der Waals surface area contributed by atoms with Crippen molar-refractivity contribution in [2.45, 2.75) is 0 Å². The number of nitrogens with one attached hydrogen (secondary N) is 2. The summed E-state index contributed by atoms with van der Waals surface area (Å²) in [7, 11) is 0. The van der Waals surface area contributed by atoms with Gasteiger partial charge in [-0.05, 0) is 47.5 Å². The number of hydrazone groups is 2. The Morgan fingerprint density at radius 1 is 0.706 bits per heavy atom. The van der Waals surface area contributed by atoms with Crippen LogP contribution in [0.4, 0.5) is 0 Å². The van der Waals surface area contributed by atoms with Gasteiger partial charge in [-0.1, -0.05) is 62.2 Å². The van der Waals surface area contributed by atoms with E-state index in [1.165, 1.54) is 12.4 Å². The predicted octanol–water partition coefficient (Wildman–Crippen LogP) is 4.27. The Hall–Kier alpha value is -3.50. The molecule has 0 heterocycles. The molecule has 2 N–H and O–H groups in total. The minimum atomic E-state index is -0.414. The van der Waals surface area contributed by atoms with Gasteiger partial charge in [-0.3, -0.25) is 9.59 Å². The largest absolute Gasteiger partial charge is 0.484 e. The molecule has 0 atom stereocenters. The van der Waals surface area contributed by atoms with Crippen LogP contribution in [0, 0.1) is 0 Å². The molecule has 3 aromatic rings. The van der Waals surface area contributed by atoms with E-state index >= 15 is 0 Å². The normalized spacial score (nSPS) is 10.9. The number of hydrogen-bond acceptors (Lipinski definition) is 6. The number of hydrogen-bond donors (Lipinski definition) is 2. The monoisotopic (exact) mass is 586 g/mol. The Kier molecular flexibility index (Phi) is 9.80. The highest BCUT2D eigenvalue weighted by Gasteiger charge is 2.05. The fourth-order valence-electron chi connectivity index (χ4n) is 2.47. The van der Waals surface area contributed by atoms with Crippen molar-refractivity contribution in [2.24, 2.45) is 10.2 Å². The zero-order valence-corrected chi connectivity index (χ0v) is 21.0. The highest BCUT2D eigenvalue weighted by Crippen LogP contribution is 2.19. The summed E-state index contributed by atoms with van der Waals surface area (Å²) >= 11 is 6.71. The Bertz CT molecular complexity index is 1080. The Morgan fingerprint density at radius 2 is 1.12 bits per heavy atom. The second-order valence-electron chi connectivity index (χ2n) is 6.74. The molecule has 3 aromatic carbocycles. The van der Waals surface area contributed by atoms with Crippen LogP contribution in [0.2, 0.25) is 0 Å². The molecule has 0 spiro atoms. The van der Waals surface area contributed by atoms with Gasteiger partial charge in [-0.2, -0.15) is 10.2 Å². The SMILES string of the molecule is O=C(COc1cccc(OCC(=O)N/N=C/c2ccc(Br)cc2)c1)N/N=C/c1ccc(Br)cc1. The van der Waals surface area contributed by atoms with Crippen molar-refractivity contribution < 1.29 is 19.1 Å². The molecular weight excluding hydrogens is 568 g/mol. The maximum Gasteiger partial charge on any atom is 0.277 e. The van der Waals surface area contributed by atoms with Gasteiger partial charge in [0, 0.05) is 15.0 Å². The van der Waals surface area contributed by atoms with Crippen molar-refractivity contribution in [2.75, 3.05) is 13.2 Å². The number of amides is 2. The highest BCUT2D eigenvalue weighted by atomic mass is 79.9. The van der Waals surface area contributed by atoms with E-state index in [4.69, 9.17) is 9.47 Å². The first-order valence-corrected chi connectivity index (χ1v) is 11.6. The summed E-state index contributed by atoms with van der Waals surface area (Å²) in [6.45, 7) is -0.460. The molecule has 2 amide bonds. The van der Waals surface area contributed by atoms with Gasteiger partial charge < -0.3 is 9.47 Å². The molecule has 0 fully saturated rings. The van der Waals surface area contributed by atoms with E-state index in [1.807, 2.05) is 48.5 Å². The summed E-state index contributed by atoms with van der Waals surface area (Å²) in [4.78, 5) is 23.8. The first-order chi connectivity index (χ1) is 16.5. The van der Waals surface area contributed by atoms with Crippen molar-refractivity contribution in [3.05, 3.63) is 92.9 Å². The Morgan fingerprint density at radius 3 is 1.53 bits per heavy atom. The van der Waals surface area contributed by atoms with E-state index < -0.39 is 11.8 Å². The lowest BCUT2D eigenvalue weighted by molar-refractivity contribution is -0.123. The molecule has 34 heavy (non-hydrogen) atoms. The van der Waals surface area contributed by atoms with Crippen LogP contribution >= 0.6 is 31.9 Å². The average molecular weight is 588 g/mol. The van der Waals surface area contributed by atoms with E-state index in [1.54, 1.807) is 24.3 Å². The zero-order valence-electron chi connectivity index (χ0n) is 17.8. The van der Waals surface area contributed by atoms with E-state index in [-0.39, 0.29) is 13.2 Å². The minimum Gasteiger partial charge on any atom is -0.484 e. The third-order valence-corrected chi connectivity index (χ3v) is 5.15. The van der Waals surface area contributed by atoms with Crippen molar-refractivity contribution in [3.63, 3.8) is 0 Å². The minimum absolute atomic E-state index is 0.230. The van der Waals surface area contributed by atoms with Gasteiger partial charge >= 0.3 is 0 Å². The standard InChI is InChI=1S/C24H20Br2N4O4/c25-19-8-4-17(5-9-19)13-27-29-23(31)15-33-21-2-1-3-22(12-21)34-16-24(32)30-28-14-18-6-10-20(26)11-7-18/h1-14H,15-16H2,(H,29,31)(H,30,32)/b27-13+,28-14+. The summed E-state index contributed by atoms with van der Waals surface area (Å²) in [6, 6.07) is 21.6. The second-order valence-corrected chi connectivity index (χ2v) is 8.57. The van der Waals surface area contributed by atoms with Crippen molar-refractivity contribution in [1.82, 2.24) is 10.9 Å². The number of benzene rings is 3. The maximum atomic E-state index is 11.9. The molecule has 0 aromatic heterocycles. The molecule has 0 unspecified atom stereocenters. The van der Waals surface area contributed by atoms with Gasteiger partial charge in [0.1, 0.15) is 11.5 Å². The third kappa shape index (κ3) is 9.16. The number of halogens is 2. The number of rotatable bonds is 10. The Balaban J connectivity index is 1.39. The second kappa shape index (κ2) is 13.3. The first kappa shape index (κ1) is 25.1. The van der Waals surface area contributed by atoms with Gasteiger partial charge in [0.15, 0.2) is 13.2 Å². The van der Waals surface area contributed by atoms with Gasteiger partial charge in [0.05, 0.1) is 12.4 Å². The van der Waals surface area contributed by atoms with Gasteiger partial charge in [-0.15, -0.1) is 0 Å². The molecule has 3 rings (SSSR count). The zero-order chi connectivity index (χ0) is 24.2. The summed E-state index contributed by atoms with van der Waals surface area (Å²) in [5.74, 6) is 0.00167. The Labute approximate surface area is 213 Å². The topological polar surface area (TPSA) is 101 Å². The van der Waals surface area contributed by atoms with E-state index in [0.717, 1.165) is 20.1 Å². The summed E-state index contributed by atoms with van der Waals surface area (Å²) < 4.78 is 12.8. The van der Waals surface area contributed by atoms with E-state index in [9.17, 15) is 9.59 Å². The fourth-order valence-corrected chi connectivity index (χ4v) is 3.00. The predicted molar refractivity (Wildman–Crippen MR) is 137 cm³/mol. The van der Waals surface area contributed by atoms with Crippen LogP contribution in [0.25, 0.3) is 0 Å². The van der Waals surface area contributed by atoms with Crippen LogP contribution in [0.3, 0.4) is 0 Å². The number of ether oxygens (including phenoxy) is 2. The highest BCUT2D eigenvalue weighted by molar-refractivity contribution is 9.10. The fraction of sp³-hybridized carbons (Fsp3) is 0.0833. The molecule has 174 valence electrons. The van der Waals surface area contributed by atoms with Crippen LogP contribution in [-0.4, -0.2) is 37.5 Å². The van der Waals surface area contributed by atoms with Crippen molar-refractivity contribution in [1.29, 1.82) is 0 Å². The molecule has 0 radical (unpaired) electrons. The molecule has 0 saturated carbocycles. The van der Waals surface area contributed by atoms with Crippen molar-refractivity contribution in [3.8, 4) is 11.5 Å². The van der Waals surface area contributed by atoms with Gasteiger partial charge in [-0.25, -0.2) is 10.9 Å². The first-order valence-electron chi connectivity index (χ1n) is 9.98. The lowest BCUT2D eigenvalue weighted by atomic mass is 10.2. The third-order valence-electron chi connectivity index (χ3n) is 4.09. The van der Waals surface area contributed by atoms with Crippen LogP contribution in [0.1, 0.15) is 11.1 Å². The molecule has 0 saturated heterocycles. The summed E-state index contributed by atoms with van der Waals surface area (Å²) in [6.07, 6.45) is 3.07. The number of nitrogens with zero attached hydrogens (tertiary/aromatic N) is 2. The van der Waals surface area contributed by atoms with Crippen LogP contribution < -0.4 is 20.3 Å². The van der Waals surface area contributed by atoms with Crippen LogP contribution in [0.5, 0.6) is 11.5 Å². The van der Waals surface area contributed by atoms with Crippen LogP contribution in [0.15, 0.2) is 91.9 Å². The summed E-state index contributed by atoms with van der Waals surface area (Å²) in [5.41, 5.74) is 6.49. The molecule has 0 aliphatic rings. The smallest absolute Gasteiger partial charge is 0.277 e. The molecule has 0 aliphatic heterocycles. The molecule has 8 nitrogen and oxygen atoms in total. The van der Waals surface area contributed by atoms with E-state index in [0.29, 0.717) is 11.5 Å². The molecule has 10 heteroatoms. The number of carbonyl (C=O) groups excluding carboxylic acids is 2. The molecular formula is C24H20Br2N4O4. The van der Waals surface area contributed by atoms with Gasteiger partial charge in [0.25, 0.3) is 11.8 Å². The summed E-state index contributed by atoms with van der Waals surface area (Å²) in [5, 5.41) is 7.79. The molecule has 0 aliphatic carbocycles. The lowest BCUT2D eigenvalue weighted by Gasteiger charge is -2.08. The van der Waals surface area contributed by atoms with Gasteiger partial charge in [0.2, 0.25) is 0 Å². The van der Waals surface area contributed by atoms with Crippen LogP contribution in [-0.2, 0) is 9.59 Å². The maximum absolute atomic E-state index is 11.9. The average Bonchev–Trinajstić information content (AvgIpc) is 2.84. The number of carbonyl (C=O) groups is 2. The van der Waals surface area contributed by atoms with E-state index in [2.05, 4.69) is 52.9 Å². The van der Waals surface area contributed by atoms with Crippen molar-refractivity contribution >= 4 is 56.1 Å². The quantitative estimate of drug-likeness (QED) is 0.273.